The van der Waals surface area contributed by atoms with Crippen LogP contribution in [0.5, 0.6) is 0 Å². The van der Waals surface area contributed by atoms with Crippen molar-refractivity contribution in [1.29, 1.82) is 0 Å². The molecule has 1 aliphatic carbocycles. The van der Waals surface area contributed by atoms with Crippen molar-refractivity contribution in [2.24, 2.45) is 0 Å². The van der Waals surface area contributed by atoms with Gasteiger partial charge in [0.15, 0.2) is 0 Å². The quantitative estimate of drug-likeness (QED) is 0.766. The molecule has 1 aliphatic heterocycles. The van der Waals surface area contributed by atoms with Crippen LogP contribution in [0.3, 0.4) is 0 Å². The van der Waals surface area contributed by atoms with Gasteiger partial charge in [-0.1, -0.05) is 48.5 Å². The van der Waals surface area contributed by atoms with Gasteiger partial charge in [-0.05, 0) is 35.1 Å². The van der Waals surface area contributed by atoms with Gasteiger partial charge in [-0.3, -0.25) is 9.59 Å². The van der Waals surface area contributed by atoms with E-state index >= 15 is 0 Å². The number of hydrogen-bond acceptors (Lipinski definition) is 4. The summed E-state index contributed by atoms with van der Waals surface area (Å²) in [5, 5.41) is 11.5. The average molecular weight is 408 g/mol. The molecule has 1 heterocycles. The maximum absolute atomic E-state index is 12.4. The van der Waals surface area contributed by atoms with E-state index in [2.05, 4.69) is 17.4 Å². The highest BCUT2D eigenvalue weighted by Gasteiger charge is 2.31. The minimum atomic E-state index is -0.927. The summed E-state index contributed by atoms with van der Waals surface area (Å²) < 4.78 is 5.43. The Morgan fingerprint density at radius 3 is 2.30 bits per heavy atom. The third kappa shape index (κ3) is 4.01. The van der Waals surface area contributed by atoms with E-state index in [0.29, 0.717) is 13.0 Å². The van der Waals surface area contributed by atoms with Crippen molar-refractivity contribution in [1.82, 2.24) is 10.2 Å². The van der Waals surface area contributed by atoms with Crippen molar-refractivity contribution >= 4 is 18.0 Å². The number of likely N-dealkylation sites (tertiary alicyclic amines) is 1. The van der Waals surface area contributed by atoms with Gasteiger partial charge in [-0.15, -0.1) is 0 Å². The van der Waals surface area contributed by atoms with Gasteiger partial charge in [-0.2, -0.15) is 0 Å². The van der Waals surface area contributed by atoms with Crippen molar-refractivity contribution < 1.29 is 24.2 Å². The van der Waals surface area contributed by atoms with Gasteiger partial charge >= 0.3 is 12.1 Å². The van der Waals surface area contributed by atoms with Crippen LogP contribution in [0.1, 0.15) is 36.3 Å². The number of carbonyl (C=O) groups excluding carboxylic acids is 2. The molecule has 0 unspecified atom stereocenters. The first-order valence-corrected chi connectivity index (χ1v) is 10.1. The minimum Gasteiger partial charge on any atom is -0.481 e. The van der Waals surface area contributed by atoms with Crippen molar-refractivity contribution in [3.8, 4) is 11.1 Å². The second-order valence-electron chi connectivity index (χ2n) is 7.66. The number of fused-ring (bicyclic) bond motifs is 3. The predicted molar refractivity (Wildman–Crippen MR) is 110 cm³/mol. The Bertz CT molecular complexity index is 928. The summed E-state index contributed by atoms with van der Waals surface area (Å²) in [5.74, 6) is -1.26. The van der Waals surface area contributed by atoms with Gasteiger partial charge in [0.2, 0.25) is 5.91 Å². The number of carbonyl (C=O) groups is 3. The zero-order valence-electron chi connectivity index (χ0n) is 16.5. The fourth-order valence-corrected chi connectivity index (χ4v) is 4.48. The Hall–Kier alpha value is -3.35. The molecule has 4 rings (SSSR count). The van der Waals surface area contributed by atoms with Crippen LogP contribution in [-0.4, -0.2) is 53.7 Å². The number of ether oxygens (including phenoxy) is 1. The summed E-state index contributed by atoms with van der Waals surface area (Å²) in [4.78, 5) is 37.1. The zero-order chi connectivity index (χ0) is 21.1. The molecule has 7 heteroatoms. The number of aliphatic carboxylic acids is 1. The smallest absolute Gasteiger partial charge is 0.407 e. The molecule has 0 bridgehead atoms. The SMILES string of the molecule is O=C(O)C[C@H]1CCCN1C(=O)CNC(=O)OCC1c2ccccc2-c2ccccc21. The molecule has 2 N–H and O–H groups in total. The summed E-state index contributed by atoms with van der Waals surface area (Å²) in [7, 11) is 0. The molecule has 1 atom stereocenters. The van der Waals surface area contributed by atoms with Gasteiger partial charge < -0.3 is 20.1 Å². The third-order valence-electron chi connectivity index (χ3n) is 5.84. The standard InChI is InChI=1S/C23H24N2O5/c26-21(25-11-5-6-15(25)12-22(27)28)13-24-23(29)30-14-20-18-9-3-1-7-16(18)17-8-2-4-10-19(17)20/h1-4,7-10,15,20H,5-6,11-14H2,(H,24,29)(H,27,28)/t15-/m1/s1. The Kier molecular flexibility index (Phi) is 5.70. The summed E-state index contributed by atoms with van der Waals surface area (Å²) in [6.45, 7) is 0.495. The number of rotatable bonds is 6. The summed E-state index contributed by atoms with van der Waals surface area (Å²) in [6.07, 6.45) is 0.716. The van der Waals surface area contributed by atoms with Crippen LogP contribution in [0.25, 0.3) is 11.1 Å². The molecule has 0 aromatic heterocycles. The van der Waals surface area contributed by atoms with Crippen molar-refractivity contribution in [2.45, 2.75) is 31.2 Å². The van der Waals surface area contributed by atoms with E-state index in [1.54, 1.807) is 0 Å². The molecule has 0 saturated carbocycles. The lowest BCUT2D eigenvalue weighted by atomic mass is 9.98. The van der Waals surface area contributed by atoms with Gasteiger partial charge in [0.05, 0.1) is 6.42 Å². The number of alkyl carbamates (subject to hydrolysis) is 1. The van der Waals surface area contributed by atoms with E-state index in [0.717, 1.165) is 28.7 Å². The average Bonchev–Trinajstić information content (AvgIpc) is 3.32. The lowest BCUT2D eigenvalue weighted by molar-refractivity contribution is -0.139. The second-order valence-corrected chi connectivity index (χ2v) is 7.66. The molecule has 1 saturated heterocycles. The highest BCUT2D eigenvalue weighted by atomic mass is 16.5. The highest BCUT2D eigenvalue weighted by Crippen LogP contribution is 2.44. The Labute approximate surface area is 174 Å². The normalized spacial score (nSPS) is 17.3. The largest absolute Gasteiger partial charge is 0.481 e. The van der Waals surface area contributed by atoms with E-state index in [1.165, 1.54) is 4.90 Å². The number of benzene rings is 2. The third-order valence-corrected chi connectivity index (χ3v) is 5.84. The molecule has 2 aromatic carbocycles. The maximum Gasteiger partial charge on any atom is 0.407 e. The molecule has 7 nitrogen and oxygen atoms in total. The number of hydrogen-bond donors (Lipinski definition) is 2. The lowest BCUT2D eigenvalue weighted by Crippen LogP contribution is -2.43. The van der Waals surface area contributed by atoms with Crippen LogP contribution in [0.2, 0.25) is 0 Å². The van der Waals surface area contributed by atoms with Gasteiger partial charge in [-0.25, -0.2) is 4.79 Å². The minimum absolute atomic E-state index is 0.0441. The van der Waals surface area contributed by atoms with E-state index in [4.69, 9.17) is 9.84 Å². The number of amides is 2. The van der Waals surface area contributed by atoms with Gasteiger partial charge in [0.25, 0.3) is 0 Å². The molecule has 0 spiro atoms. The topological polar surface area (TPSA) is 95.9 Å². The van der Waals surface area contributed by atoms with Crippen LogP contribution in [-0.2, 0) is 14.3 Å². The van der Waals surface area contributed by atoms with Gasteiger partial charge in [0.1, 0.15) is 13.2 Å². The van der Waals surface area contributed by atoms with Crippen molar-refractivity contribution in [3.63, 3.8) is 0 Å². The molecule has 0 radical (unpaired) electrons. The Morgan fingerprint density at radius 1 is 1.03 bits per heavy atom. The van der Waals surface area contributed by atoms with E-state index in [9.17, 15) is 14.4 Å². The molecule has 30 heavy (non-hydrogen) atoms. The molecule has 2 amide bonds. The van der Waals surface area contributed by atoms with Gasteiger partial charge in [0, 0.05) is 18.5 Å². The lowest BCUT2D eigenvalue weighted by Gasteiger charge is -2.23. The molecular formula is C23H24N2O5. The monoisotopic (exact) mass is 408 g/mol. The second kappa shape index (κ2) is 8.57. The molecule has 2 aromatic rings. The van der Waals surface area contributed by atoms with Crippen molar-refractivity contribution in [3.05, 3.63) is 59.7 Å². The first-order chi connectivity index (χ1) is 14.5. The zero-order valence-corrected chi connectivity index (χ0v) is 16.5. The maximum atomic E-state index is 12.4. The molecule has 156 valence electrons. The number of carboxylic acid groups (broad SMARTS) is 1. The summed E-state index contributed by atoms with van der Waals surface area (Å²) in [5.41, 5.74) is 4.54. The summed E-state index contributed by atoms with van der Waals surface area (Å²) >= 11 is 0. The number of carboxylic acids is 1. The summed E-state index contributed by atoms with van der Waals surface area (Å²) in [6, 6.07) is 15.8. The van der Waals surface area contributed by atoms with Crippen LogP contribution >= 0.6 is 0 Å². The first kappa shape index (κ1) is 19.9. The van der Waals surface area contributed by atoms with E-state index < -0.39 is 12.1 Å². The molecular weight excluding hydrogens is 384 g/mol. The molecule has 2 aliphatic rings. The number of nitrogens with zero attached hydrogens (tertiary/aromatic N) is 1. The molecule has 1 fully saturated rings. The highest BCUT2D eigenvalue weighted by molar-refractivity contribution is 5.83. The Morgan fingerprint density at radius 2 is 1.67 bits per heavy atom. The Balaban J connectivity index is 1.32. The van der Waals surface area contributed by atoms with Crippen LogP contribution in [0.4, 0.5) is 4.79 Å². The van der Waals surface area contributed by atoms with E-state index in [-0.39, 0.29) is 37.4 Å². The number of nitrogens with one attached hydrogen (secondary N) is 1. The van der Waals surface area contributed by atoms with Crippen molar-refractivity contribution in [2.75, 3.05) is 19.7 Å². The first-order valence-electron chi connectivity index (χ1n) is 10.1. The predicted octanol–water partition coefficient (Wildman–Crippen LogP) is 2.99. The van der Waals surface area contributed by atoms with E-state index in [1.807, 2.05) is 36.4 Å². The fourth-order valence-electron chi connectivity index (χ4n) is 4.48. The fraction of sp³-hybridized carbons (Fsp3) is 0.348. The van der Waals surface area contributed by atoms with Crippen LogP contribution in [0.15, 0.2) is 48.5 Å². The van der Waals surface area contributed by atoms with Crippen LogP contribution < -0.4 is 5.32 Å². The van der Waals surface area contributed by atoms with Crippen LogP contribution in [0, 0.1) is 0 Å².